The third-order valence-electron chi connectivity index (χ3n) is 18.0. The van der Waals surface area contributed by atoms with Crippen LogP contribution < -0.4 is 28.5 Å². The lowest BCUT2D eigenvalue weighted by atomic mass is 9.86. The number of carbonyl (C=O) groups excluding carboxylic acids is 5. The molecule has 13 rings (SSSR count). The van der Waals surface area contributed by atoms with Gasteiger partial charge in [0.05, 0.1) is 106 Å². The second-order valence-corrected chi connectivity index (χ2v) is 34.2. The van der Waals surface area contributed by atoms with Crippen LogP contribution in [0.5, 0.6) is 0 Å². The highest BCUT2D eigenvalue weighted by atomic mass is 36.0. The summed E-state index contributed by atoms with van der Waals surface area (Å²) in [6.45, 7) is 39.5. The van der Waals surface area contributed by atoms with Crippen molar-refractivity contribution in [3.8, 4) is 6.07 Å². The molecule has 140 heavy (non-hydrogen) atoms. The first-order chi connectivity index (χ1) is 65.4. The van der Waals surface area contributed by atoms with E-state index < -0.39 is 69.0 Å². The molecule has 5 atom stereocenters. The van der Waals surface area contributed by atoms with Gasteiger partial charge < -0.3 is 122 Å². The SMILES string of the molecule is CC1CCCCC1N.CCOC(=O)c1cc([N+](=O)[O-])c[nH]1.CCOC(=O)c1ccc([N+](=O)[O-])[nH]1.CCOC(=O)c1ccc([N+](=O)[O-])[nH]1.CCOC(=O)c1ccc([N+](=O)[O-])n1N.CCOC(=O)c1ccc[nH]1.CCOC(C)CC#N.N.O.O=P(Cl)(Cl)Cl.OO.[C-]#[N+]c1c[nH]n2c([N+](=O)[O-])ccc2c1=O.[C-]#[N+]c1cnn2c([N+](=O)[O-])ccc2c1Cl.[C-]#[N+]c1cnn2c([N+](=O)[O-])ccc2c1NC1CCCCC1C. The van der Waals surface area contributed by atoms with Crippen molar-refractivity contribution in [2.24, 2.45) is 17.6 Å². The highest BCUT2D eigenvalue weighted by Crippen LogP contribution is 2.61. The number of fused-ring (bicyclic) bond motifs is 3. The van der Waals surface area contributed by atoms with Crippen molar-refractivity contribution in [3.05, 3.63) is 271 Å². The minimum Gasteiger partial charge on any atom is -0.461 e. The summed E-state index contributed by atoms with van der Waals surface area (Å²) in [5.74, 6) is 2.57. The molecule has 61 heteroatoms. The number of nitrogen functional groups attached to an aromatic ring is 1. The number of aromatic amines is 5. The van der Waals surface area contributed by atoms with Crippen LogP contribution in [-0.4, -0.2) is 192 Å². The van der Waals surface area contributed by atoms with E-state index in [-0.39, 0.29) is 141 Å². The van der Waals surface area contributed by atoms with E-state index in [1.54, 1.807) is 59.0 Å². The van der Waals surface area contributed by atoms with Crippen LogP contribution in [0.2, 0.25) is 5.02 Å². The minimum atomic E-state index is -3.22. The van der Waals surface area contributed by atoms with Crippen LogP contribution in [0.3, 0.4) is 0 Å². The molecule has 0 amide bonds. The van der Waals surface area contributed by atoms with Crippen LogP contribution >= 0.6 is 50.5 Å². The molecule has 11 aromatic rings. The number of carbonyl (C=O) groups is 5. The number of hydrogen-bond acceptors (Lipinski definition) is 36. The van der Waals surface area contributed by atoms with Gasteiger partial charge in [0.1, 0.15) is 11.4 Å². The maximum absolute atomic E-state index is 11.5. The Morgan fingerprint density at radius 2 is 1.00 bits per heavy atom. The van der Waals surface area contributed by atoms with Crippen molar-refractivity contribution in [2.45, 2.75) is 138 Å². The Morgan fingerprint density at radius 1 is 0.571 bits per heavy atom. The summed E-state index contributed by atoms with van der Waals surface area (Å²) in [4.78, 5) is 155. The Labute approximate surface area is 812 Å². The summed E-state index contributed by atoms with van der Waals surface area (Å²) in [7, 11) is 0. The Morgan fingerprint density at radius 3 is 1.40 bits per heavy atom. The molecule has 0 spiro atoms. The highest BCUT2D eigenvalue weighted by Gasteiger charge is 2.29. The van der Waals surface area contributed by atoms with E-state index in [4.69, 9.17) is 68.1 Å². The molecule has 5 unspecified atom stereocenters. The van der Waals surface area contributed by atoms with E-state index in [9.17, 15) is 104 Å². The summed E-state index contributed by atoms with van der Waals surface area (Å²) in [6.07, 6.45) is 17.1. The van der Waals surface area contributed by atoms with Crippen molar-refractivity contribution in [2.75, 3.05) is 50.8 Å². The van der Waals surface area contributed by atoms with E-state index in [1.807, 2.05) is 19.9 Å². The fraction of sp³-hybridized carbons (Fsp3) is 0.367. The molecule has 17 N–H and O–H groups in total. The van der Waals surface area contributed by atoms with E-state index in [0.29, 0.717) is 64.4 Å². The fourth-order valence-corrected chi connectivity index (χ4v) is 11.8. The van der Waals surface area contributed by atoms with Gasteiger partial charge in [0.15, 0.2) is 16.6 Å². The number of nitrogens with one attached hydrogen (secondary N) is 6. The average Bonchev–Trinajstić information content (AvgIpc) is 1.60. The van der Waals surface area contributed by atoms with E-state index in [1.165, 1.54) is 110 Å². The van der Waals surface area contributed by atoms with Crippen molar-refractivity contribution >= 4 is 160 Å². The number of hydrogen-bond donors (Lipinski definition) is 11. The number of H-pyrrole nitrogens is 5. The van der Waals surface area contributed by atoms with Crippen LogP contribution in [0.15, 0.2) is 127 Å². The maximum Gasteiger partial charge on any atom is 0.380 e. The maximum atomic E-state index is 11.5. The molecule has 0 aliphatic heterocycles. The van der Waals surface area contributed by atoms with Gasteiger partial charge in [-0.2, -0.15) is 5.26 Å². The number of esters is 5. The second-order valence-electron chi connectivity index (χ2n) is 27.1. The first-order valence-electron chi connectivity index (χ1n) is 40.3. The fourth-order valence-electron chi connectivity index (χ4n) is 11.5. The summed E-state index contributed by atoms with van der Waals surface area (Å²) < 4.78 is 41.9. The molecule has 758 valence electrons. The van der Waals surface area contributed by atoms with Gasteiger partial charge in [-0.3, -0.25) is 35.8 Å². The number of rotatable bonds is 22. The van der Waals surface area contributed by atoms with Gasteiger partial charge in [-0.15, -0.1) is 9.19 Å². The number of aromatic nitrogens is 11. The molecule has 0 radical (unpaired) electrons. The summed E-state index contributed by atoms with van der Waals surface area (Å²) in [5, 5.41) is 104. The van der Waals surface area contributed by atoms with E-state index >= 15 is 0 Å². The topological polar surface area (TPSA) is 808 Å². The Kier molecular flexibility index (Phi) is 56.9. The summed E-state index contributed by atoms with van der Waals surface area (Å²) in [6, 6.07) is 23.2. The van der Waals surface area contributed by atoms with Gasteiger partial charge in [-0.05, 0) is 180 Å². The first kappa shape index (κ1) is 124. The van der Waals surface area contributed by atoms with Crippen molar-refractivity contribution in [3.63, 3.8) is 0 Å². The normalized spacial score (nSPS) is 13.3. The largest absolute Gasteiger partial charge is 0.461 e. The van der Waals surface area contributed by atoms with Crippen molar-refractivity contribution in [1.29, 1.82) is 5.26 Å². The molecule has 0 aromatic carbocycles. The van der Waals surface area contributed by atoms with Crippen molar-refractivity contribution in [1.82, 2.24) is 59.6 Å². The molecule has 2 fully saturated rings. The van der Waals surface area contributed by atoms with Gasteiger partial charge in [-0.1, -0.05) is 70.4 Å². The quantitative estimate of drug-likeness (QED) is 0.00439. The van der Waals surface area contributed by atoms with Gasteiger partial charge >= 0.3 is 70.0 Å². The molecule has 2 aliphatic rings. The predicted molar refractivity (Wildman–Crippen MR) is 507 cm³/mol. The zero-order valence-corrected chi connectivity index (χ0v) is 79.8. The molecule has 2 aliphatic carbocycles. The molecular formula is C79H99Cl4N26O30P. The lowest BCUT2D eigenvalue weighted by Crippen LogP contribution is -2.30. The minimum absolute atomic E-state index is 0. The zero-order chi connectivity index (χ0) is 104. The summed E-state index contributed by atoms with van der Waals surface area (Å²) >= 11 is 19.7. The molecule has 11 aromatic heterocycles. The number of halogens is 4. The summed E-state index contributed by atoms with van der Waals surface area (Å²) in [5.41, 5.74) is 8.02. The monoisotopic (exact) mass is 2060 g/mol. The average molecular weight is 2070 g/mol. The molecule has 0 bridgehead atoms. The van der Waals surface area contributed by atoms with Crippen LogP contribution in [0.25, 0.3) is 31.1 Å². The number of nitrogens with two attached hydrogens (primary N) is 2. The number of nitro groups is 7. The van der Waals surface area contributed by atoms with Crippen molar-refractivity contribution < 1.29 is 107 Å². The lowest BCUT2D eigenvalue weighted by molar-refractivity contribution is -0.391. The molecular weight excluding hydrogens is 1970 g/mol. The van der Waals surface area contributed by atoms with E-state index in [2.05, 4.69) is 122 Å². The number of nitriles is 1. The Bertz CT molecular complexity index is 6040. The van der Waals surface area contributed by atoms with Gasteiger partial charge in [0.25, 0.3) is 11.4 Å². The van der Waals surface area contributed by atoms with Gasteiger partial charge in [0, 0.05) is 91.7 Å². The van der Waals surface area contributed by atoms with Crippen LogP contribution in [-0.2, 0) is 33.0 Å². The predicted octanol–water partition coefficient (Wildman–Crippen LogP) is 17.1. The molecule has 0 saturated heterocycles. The smallest absolute Gasteiger partial charge is 0.380 e. The molecule has 2 saturated carbocycles. The third-order valence-corrected chi connectivity index (χ3v) is 18.4. The number of anilines is 1. The van der Waals surface area contributed by atoms with Crippen LogP contribution in [0, 0.1) is 114 Å². The molecule has 56 nitrogen and oxygen atoms in total. The van der Waals surface area contributed by atoms with Gasteiger partial charge in [-0.25, -0.2) is 53.6 Å². The zero-order valence-electron chi connectivity index (χ0n) is 75.9. The van der Waals surface area contributed by atoms with Gasteiger partial charge in [0.2, 0.25) is 33.9 Å². The first-order valence-corrected chi connectivity index (χ1v) is 45.1. The third kappa shape index (κ3) is 40.6. The molecule has 11 heterocycles. The van der Waals surface area contributed by atoms with Crippen LogP contribution in [0.1, 0.15) is 173 Å². The van der Waals surface area contributed by atoms with Crippen LogP contribution in [0.4, 0.5) is 63.3 Å². The highest BCUT2D eigenvalue weighted by molar-refractivity contribution is 8.24. The Hall–Kier alpha value is -15.9. The number of ether oxygens (including phenoxy) is 6. The Balaban J connectivity index is 0.00000154. The standard InChI is InChI=1S/C15H17N5O2.C8H3ClN4O2.C8H4N4O3.C7H9N3O4.3C7H8N2O4.C7H9NO2.C7H15N.C6H11NO.Cl3OP.H3N.H2O2.H2O/c1-10-5-3-4-6-11(10)18-15-12(16-2)9-17-19-13(15)7-8-14(19)20(21)22;1-10-5-4-11-12-6(8(5)9)2-3-7(12)13(14)15;1-9-5-4-10-11-6(8(5)13)2-3-7(11)12(14)15;1-2-14-7(11)5-3-4-6(9(5)8)10(12)13;1-2-13-7(10)6-3-5(4-8-6)9(11)12;2*1-2-13-7(10)5-3-4-6(8-5)9(11)12;1-2-10-7(9)6-4-3-5-8-6;1-6-4-2-3-5-7(6)8;1-3-8-6(2)4-5-7;1-5(2,3)4;;1-2;/h7-11,18H,3-6H2,1H3;2-4H;2-4,10H;3-4H,2,8H2,1H3;3*3-4,8H,2H2,1H3;3-5,8H,2H2,1H3;6-7H,2-5,8H2,1H3;6H,3-4H2,1-2H3;;1H3;1-2H;1H2. The van der Waals surface area contributed by atoms with E-state index in [0.717, 1.165) is 58.7 Å². The lowest BCUT2D eigenvalue weighted by Gasteiger charge is -2.30. The number of nitrogens with zero attached hydrogens (tertiary/aromatic N) is 17. The second kappa shape index (κ2) is 64.2.